The molecule has 1 unspecified atom stereocenters. The van der Waals surface area contributed by atoms with Gasteiger partial charge in [0, 0.05) is 6.20 Å². The number of aromatic nitrogens is 1. The molecule has 0 fully saturated rings. The highest BCUT2D eigenvalue weighted by Gasteiger charge is 2.05. The van der Waals surface area contributed by atoms with Crippen LogP contribution in [0.3, 0.4) is 0 Å². The molecule has 0 aliphatic heterocycles. The number of benzene rings is 1. The fourth-order valence-electron chi connectivity index (χ4n) is 1.88. The van der Waals surface area contributed by atoms with E-state index in [0.29, 0.717) is 12.3 Å². The Kier molecular flexibility index (Phi) is 4.34. The molecule has 20 heavy (non-hydrogen) atoms. The van der Waals surface area contributed by atoms with Crippen molar-refractivity contribution in [3.8, 4) is 11.8 Å². The van der Waals surface area contributed by atoms with Crippen molar-refractivity contribution in [3.63, 3.8) is 0 Å². The Morgan fingerprint density at radius 2 is 2.15 bits per heavy atom. The number of hydrogen-bond donors (Lipinski definition) is 1. The van der Waals surface area contributed by atoms with E-state index in [1.54, 1.807) is 19.2 Å². The van der Waals surface area contributed by atoms with Crippen LogP contribution < -0.4 is 4.74 Å². The molecule has 0 amide bonds. The van der Waals surface area contributed by atoms with Crippen LogP contribution in [0, 0.1) is 18.3 Å². The molecule has 2 aromatic rings. The molecule has 0 aliphatic carbocycles. The number of hydrogen-bond acceptors (Lipinski definition) is 4. The smallest absolute Gasteiger partial charge is 0.140 e. The van der Waals surface area contributed by atoms with Gasteiger partial charge in [-0.2, -0.15) is 5.26 Å². The topological polar surface area (TPSA) is 66.1 Å². The van der Waals surface area contributed by atoms with Gasteiger partial charge in [0.15, 0.2) is 0 Å². The fraction of sp³-hybridized carbons (Fsp3) is 0.250. The minimum Gasteiger partial charge on any atom is -0.489 e. The summed E-state index contributed by atoms with van der Waals surface area (Å²) in [4.78, 5) is 3.92. The fourth-order valence-corrected chi connectivity index (χ4v) is 1.88. The van der Waals surface area contributed by atoms with Gasteiger partial charge in [0.1, 0.15) is 24.1 Å². The second-order valence-electron chi connectivity index (χ2n) is 4.65. The molecule has 0 spiro atoms. The Labute approximate surface area is 118 Å². The Morgan fingerprint density at radius 3 is 2.80 bits per heavy atom. The van der Waals surface area contributed by atoms with Crippen LogP contribution in [-0.4, -0.2) is 10.1 Å². The zero-order valence-electron chi connectivity index (χ0n) is 11.5. The molecule has 0 saturated carbocycles. The molecule has 1 aromatic heterocycles. The van der Waals surface area contributed by atoms with Crippen molar-refractivity contribution in [2.75, 3.05) is 0 Å². The Morgan fingerprint density at radius 1 is 1.35 bits per heavy atom. The first-order chi connectivity index (χ1) is 9.60. The highest BCUT2D eigenvalue weighted by molar-refractivity contribution is 5.37. The van der Waals surface area contributed by atoms with E-state index in [1.807, 2.05) is 37.3 Å². The van der Waals surface area contributed by atoms with Crippen LogP contribution >= 0.6 is 0 Å². The number of aliphatic hydroxyl groups is 1. The number of ether oxygens (including phenoxy) is 1. The molecule has 1 N–H and O–H groups in total. The molecular formula is C16H16N2O2. The van der Waals surface area contributed by atoms with Crippen molar-refractivity contribution in [3.05, 3.63) is 58.9 Å². The van der Waals surface area contributed by atoms with Gasteiger partial charge in [0.2, 0.25) is 0 Å². The third-order valence-electron chi connectivity index (χ3n) is 3.01. The quantitative estimate of drug-likeness (QED) is 0.925. The molecular weight excluding hydrogens is 252 g/mol. The first-order valence-corrected chi connectivity index (χ1v) is 6.36. The van der Waals surface area contributed by atoms with E-state index in [9.17, 15) is 5.11 Å². The predicted molar refractivity (Wildman–Crippen MR) is 75.1 cm³/mol. The van der Waals surface area contributed by atoms with Crippen LogP contribution in [0.4, 0.5) is 0 Å². The number of aryl methyl sites for hydroxylation is 1. The van der Waals surface area contributed by atoms with Crippen LogP contribution in [0.1, 0.15) is 35.4 Å². The number of rotatable bonds is 4. The zero-order chi connectivity index (χ0) is 14.5. The lowest BCUT2D eigenvalue weighted by Crippen LogP contribution is -1.99. The minimum absolute atomic E-state index is 0.381. The number of pyridine rings is 1. The van der Waals surface area contributed by atoms with Gasteiger partial charge in [-0.1, -0.05) is 6.07 Å². The van der Waals surface area contributed by atoms with Gasteiger partial charge >= 0.3 is 0 Å². The highest BCUT2D eigenvalue weighted by Crippen LogP contribution is 2.23. The van der Waals surface area contributed by atoms with E-state index in [1.165, 1.54) is 0 Å². The van der Waals surface area contributed by atoms with E-state index < -0.39 is 6.10 Å². The average Bonchev–Trinajstić information content (AvgIpc) is 2.46. The Hall–Kier alpha value is -2.38. The maximum atomic E-state index is 9.53. The van der Waals surface area contributed by atoms with Crippen LogP contribution in [0.2, 0.25) is 0 Å². The molecule has 4 nitrogen and oxygen atoms in total. The van der Waals surface area contributed by atoms with E-state index in [4.69, 9.17) is 10.00 Å². The number of nitriles is 1. The van der Waals surface area contributed by atoms with Crippen molar-refractivity contribution >= 4 is 0 Å². The molecule has 1 atom stereocenters. The summed E-state index contributed by atoms with van der Waals surface area (Å²) in [5.74, 6) is 0.768. The van der Waals surface area contributed by atoms with Gasteiger partial charge in [0.25, 0.3) is 0 Å². The summed E-state index contributed by atoms with van der Waals surface area (Å²) < 4.78 is 5.74. The molecule has 1 aromatic carbocycles. The summed E-state index contributed by atoms with van der Waals surface area (Å²) in [7, 11) is 0. The van der Waals surface area contributed by atoms with Crippen molar-refractivity contribution in [2.45, 2.75) is 26.6 Å². The van der Waals surface area contributed by atoms with Crippen molar-refractivity contribution in [1.82, 2.24) is 4.98 Å². The summed E-state index contributed by atoms with van der Waals surface area (Å²) in [6.45, 7) is 4.05. The molecule has 4 heteroatoms. The lowest BCUT2D eigenvalue weighted by atomic mass is 10.1. The molecule has 0 radical (unpaired) electrons. The summed E-state index contributed by atoms with van der Waals surface area (Å²) >= 11 is 0. The first-order valence-electron chi connectivity index (χ1n) is 6.36. The van der Waals surface area contributed by atoms with Crippen molar-refractivity contribution in [2.24, 2.45) is 0 Å². The number of aliphatic hydroxyl groups excluding tert-OH is 1. The third-order valence-corrected chi connectivity index (χ3v) is 3.01. The number of nitrogens with zero attached hydrogens (tertiary/aromatic N) is 2. The van der Waals surface area contributed by atoms with Crippen LogP contribution in [-0.2, 0) is 6.61 Å². The van der Waals surface area contributed by atoms with Gasteiger partial charge in [-0.15, -0.1) is 0 Å². The van der Waals surface area contributed by atoms with E-state index in [2.05, 4.69) is 4.98 Å². The Balaban J connectivity index is 2.09. The lowest BCUT2D eigenvalue weighted by Gasteiger charge is -2.12. The maximum absolute atomic E-state index is 9.53. The first kappa shape index (κ1) is 14.0. The molecule has 2 rings (SSSR count). The van der Waals surface area contributed by atoms with Crippen LogP contribution in [0.15, 0.2) is 36.5 Å². The lowest BCUT2D eigenvalue weighted by molar-refractivity contribution is 0.199. The van der Waals surface area contributed by atoms with Crippen LogP contribution in [0.25, 0.3) is 0 Å². The average molecular weight is 268 g/mol. The second-order valence-corrected chi connectivity index (χ2v) is 4.65. The third kappa shape index (κ3) is 3.34. The van der Waals surface area contributed by atoms with E-state index in [0.717, 1.165) is 22.4 Å². The zero-order valence-corrected chi connectivity index (χ0v) is 11.5. The summed E-state index contributed by atoms with van der Waals surface area (Å²) in [5.41, 5.74) is 3.12. The summed E-state index contributed by atoms with van der Waals surface area (Å²) in [6.07, 6.45) is 1.11. The standard InChI is InChI=1S/C16H16N2O2/c1-11-7-14(12(2)19)3-4-16(11)20-10-13-5-6-18-15(8-13)9-17/h3-8,12,19H,10H2,1-2H3. The van der Waals surface area contributed by atoms with Crippen molar-refractivity contribution in [1.29, 1.82) is 5.26 Å². The Bertz CT molecular complexity index is 645. The maximum Gasteiger partial charge on any atom is 0.140 e. The summed E-state index contributed by atoms with van der Waals surface area (Å²) in [6, 6.07) is 11.1. The second kappa shape index (κ2) is 6.18. The van der Waals surface area contributed by atoms with Gasteiger partial charge < -0.3 is 9.84 Å². The van der Waals surface area contributed by atoms with E-state index >= 15 is 0 Å². The highest BCUT2D eigenvalue weighted by atomic mass is 16.5. The van der Waals surface area contributed by atoms with Gasteiger partial charge in [0.05, 0.1) is 6.10 Å². The molecule has 0 bridgehead atoms. The monoisotopic (exact) mass is 268 g/mol. The molecule has 102 valence electrons. The normalized spacial score (nSPS) is 11.7. The van der Waals surface area contributed by atoms with Gasteiger partial charge in [-0.25, -0.2) is 4.98 Å². The van der Waals surface area contributed by atoms with Crippen LogP contribution in [0.5, 0.6) is 5.75 Å². The van der Waals surface area contributed by atoms with Gasteiger partial charge in [-0.05, 0) is 54.8 Å². The molecule has 0 saturated heterocycles. The molecule has 0 aliphatic rings. The van der Waals surface area contributed by atoms with E-state index in [-0.39, 0.29) is 0 Å². The minimum atomic E-state index is -0.485. The molecule has 1 heterocycles. The van der Waals surface area contributed by atoms with Crippen molar-refractivity contribution < 1.29 is 9.84 Å². The largest absolute Gasteiger partial charge is 0.489 e. The summed E-state index contributed by atoms with van der Waals surface area (Å²) in [5, 5.41) is 18.3. The predicted octanol–water partition coefficient (Wildman–Crippen LogP) is 2.89. The SMILES string of the molecule is Cc1cc(C(C)O)ccc1OCc1ccnc(C#N)c1. The van der Waals surface area contributed by atoms with Gasteiger partial charge in [-0.3, -0.25) is 0 Å².